The molecule has 0 radical (unpaired) electrons. The third kappa shape index (κ3) is 4.50. The lowest BCUT2D eigenvalue weighted by molar-refractivity contribution is 0.0410. The average Bonchev–Trinajstić information content (AvgIpc) is 3.49. The summed E-state index contributed by atoms with van der Waals surface area (Å²) in [4.78, 5) is 2.35. The first-order valence-electron chi connectivity index (χ1n) is 11.2. The minimum absolute atomic E-state index is 0.0911. The van der Waals surface area contributed by atoms with Crippen LogP contribution < -0.4 is 0 Å². The van der Waals surface area contributed by atoms with Gasteiger partial charge < -0.3 is 9.64 Å². The highest BCUT2D eigenvalue weighted by atomic mass is 35.5. The summed E-state index contributed by atoms with van der Waals surface area (Å²) in [7, 11) is 2.15. The Kier molecular flexibility index (Phi) is 5.76. The second-order valence-electron chi connectivity index (χ2n) is 9.36. The van der Waals surface area contributed by atoms with Gasteiger partial charge in [-0.15, -0.1) is 0 Å². The number of aromatic nitrogens is 2. The number of nitrogens with zero attached hydrogens (tertiary/aromatic N) is 3. The summed E-state index contributed by atoms with van der Waals surface area (Å²) >= 11 is 6.40. The van der Waals surface area contributed by atoms with Crippen molar-refractivity contribution in [2.75, 3.05) is 26.7 Å². The summed E-state index contributed by atoms with van der Waals surface area (Å²) in [6.45, 7) is 4.08. The molecule has 5 rings (SSSR count). The number of rotatable bonds is 7. The predicted octanol–water partition coefficient (Wildman–Crippen LogP) is 5.42. The molecule has 2 aromatic carbocycles. The van der Waals surface area contributed by atoms with Crippen LogP contribution in [0.1, 0.15) is 36.8 Å². The average molecular weight is 442 g/mol. The van der Waals surface area contributed by atoms with Crippen LogP contribution in [0.2, 0.25) is 5.02 Å². The molecular weight excluding hydrogens is 413 g/mol. The zero-order chi connectivity index (χ0) is 21.4. The third-order valence-electron chi connectivity index (χ3n) is 6.94. The van der Waals surface area contributed by atoms with Crippen molar-refractivity contribution in [3.8, 4) is 0 Å². The summed E-state index contributed by atoms with van der Waals surface area (Å²) < 4.78 is 22.0. The van der Waals surface area contributed by atoms with E-state index in [9.17, 15) is 4.39 Å². The van der Waals surface area contributed by atoms with Gasteiger partial charge in [0, 0.05) is 27.9 Å². The molecule has 1 saturated heterocycles. The SMILES string of the molecule is CN1CCC(COCc2cc(Cl)cc3cnn(CC4CC4)c23)(c2ccc(F)cc2)CC1. The lowest BCUT2D eigenvalue weighted by Gasteiger charge is -2.41. The molecule has 0 atom stereocenters. The van der Waals surface area contributed by atoms with Gasteiger partial charge in [0.2, 0.25) is 0 Å². The second-order valence-corrected chi connectivity index (χ2v) is 9.79. The summed E-state index contributed by atoms with van der Waals surface area (Å²) in [5, 5.41) is 6.40. The number of likely N-dealkylation sites (tertiary alicyclic amines) is 1. The van der Waals surface area contributed by atoms with Crippen molar-refractivity contribution in [1.82, 2.24) is 14.7 Å². The largest absolute Gasteiger partial charge is 0.376 e. The van der Waals surface area contributed by atoms with Crippen LogP contribution in [-0.2, 0) is 23.3 Å². The van der Waals surface area contributed by atoms with E-state index in [0.717, 1.165) is 60.4 Å². The molecule has 2 fully saturated rings. The monoisotopic (exact) mass is 441 g/mol. The molecular formula is C25H29ClFN3O. The fourth-order valence-corrected chi connectivity index (χ4v) is 5.05. The van der Waals surface area contributed by atoms with Gasteiger partial charge >= 0.3 is 0 Å². The fraction of sp³-hybridized carbons (Fsp3) is 0.480. The van der Waals surface area contributed by atoms with Gasteiger partial charge in [-0.2, -0.15) is 5.10 Å². The number of halogens is 2. The highest BCUT2D eigenvalue weighted by Gasteiger charge is 2.36. The summed E-state index contributed by atoms with van der Waals surface area (Å²) in [6, 6.07) is 11.0. The van der Waals surface area contributed by atoms with E-state index < -0.39 is 0 Å². The van der Waals surface area contributed by atoms with Crippen molar-refractivity contribution in [2.24, 2.45) is 5.92 Å². The Morgan fingerprint density at radius 2 is 1.90 bits per heavy atom. The van der Waals surface area contributed by atoms with Crippen LogP contribution in [0.4, 0.5) is 4.39 Å². The first-order valence-corrected chi connectivity index (χ1v) is 11.6. The quantitative estimate of drug-likeness (QED) is 0.490. The maximum absolute atomic E-state index is 13.5. The van der Waals surface area contributed by atoms with Crippen molar-refractivity contribution < 1.29 is 9.13 Å². The molecule has 3 aromatic rings. The van der Waals surface area contributed by atoms with Gasteiger partial charge in [0.1, 0.15) is 5.82 Å². The molecule has 2 heterocycles. The van der Waals surface area contributed by atoms with Crippen LogP contribution in [0.5, 0.6) is 0 Å². The Morgan fingerprint density at radius 1 is 1.16 bits per heavy atom. The molecule has 164 valence electrons. The van der Waals surface area contributed by atoms with Crippen LogP contribution >= 0.6 is 11.6 Å². The number of hydrogen-bond donors (Lipinski definition) is 0. The highest BCUT2D eigenvalue weighted by Crippen LogP contribution is 2.37. The molecule has 0 N–H and O–H groups in total. The van der Waals surface area contributed by atoms with Gasteiger partial charge in [-0.3, -0.25) is 4.68 Å². The summed E-state index contributed by atoms with van der Waals surface area (Å²) in [5.74, 6) is 0.548. The molecule has 0 unspecified atom stereocenters. The number of hydrogen-bond acceptors (Lipinski definition) is 3. The number of benzene rings is 2. The summed E-state index contributed by atoms with van der Waals surface area (Å²) in [5.41, 5.74) is 3.29. The first kappa shape index (κ1) is 20.9. The Labute approximate surface area is 187 Å². The van der Waals surface area contributed by atoms with Crippen LogP contribution in [0.15, 0.2) is 42.6 Å². The van der Waals surface area contributed by atoms with E-state index in [1.807, 2.05) is 30.5 Å². The smallest absolute Gasteiger partial charge is 0.123 e. The van der Waals surface area contributed by atoms with Crippen molar-refractivity contribution in [3.05, 3.63) is 64.6 Å². The number of fused-ring (bicyclic) bond motifs is 1. The lowest BCUT2D eigenvalue weighted by Crippen LogP contribution is -2.43. The fourth-order valence-electron chi connectivity index (χ4n) is 4.80. The molecule has 4 nitrogen and oxygen atoms in total. The maximum atomic E-state index is 13.5. The standard InChI is InChI=1S/C25H29ClFN3O/c1-29-10-8-25(9-11-29,21-4-6-23(27)7-5-21)17-31-16-20-13-22(26)12-19-14-28-30(24(19)20)15-18-2-3-18/h4-7,12-14,18H,2-3,8-11,15-17H2,1H3. The molecule has 6 heteroatoms. The first-order chi connectivity index (χ1) is 15.0. The molecule has 1 aliphatic heterocycles. The van der Waals surface area contributed by atoms with E-state index in [0.29, 0.717) is 18.2 Å². The van der Waals surface area contributed by atoms with Gasteiger partial charge in [-0.05, 0) is 81.6 Å². The van der Waals surface area contributed by atoms with E-state index in [4.69, 9.17) is 16.3 Å². The van der Waals surface area contributed by atoms with Crippen LogP contribution in [0, 0.1) is 11.7 Å². The molecule has 1 saturated carbocycles. The Morgan fingerprint density at radius 3 is 2.61 bits per heavy atom. The van der Waals surface area contributed by atoms with Gasteiger partial charge in [0.05, 0.1) is 24.9 Å². The van der Waals surface area contributed by atoms with Crippen molar-refractivity contribution in [3.63, 3.8) is 0 Å². The molecule has 1 aliphatic carbocycles. The lowest BCUT2D eigenvalue weighted by atomic mass is 9.73. The minimum atomic E-state index is -0.196. The molecule has 0 spiro atoms. The second kappa shape index (κ2) is 8.53. The van der Waals surface area contributed by atoms with E-state index in [1.165, 1.54) is 12.8 Å². The third-order valence-corrected chi connectivity index (χ3v) is 7.16. The number of piperidine rings is 1. The topological polar surface area (TPSA) is 30.3 Å². The Hall–Kier alpha value is -1.95. The Bertz CT molecular complexity index is 1050. The van der Waals surface area contributed by atoms with Gasteiger partial charge in [0.25, 0.3) is 0 Å². The van der Waals surface area contributed by atoms with E-state index in [-0.39, 0.29) is 11.2 Å². The van der Waals surface area contributed by atoms with Crippen LogP contribution in [0.25, 0.3) is 10.9 Å². The normalized spacial score (nSPS) is 19.2. The zero-order valence-corrected chi connectivity index (χ0v) is 18.7. The molecule has 2 aliphatic rings. The molecule has 0 amide bonds. The van der Waals surface area contributed by atoms with Gasteiger partial charge in [-0.25, -0.2) is 4.39 Å². The van der Waals surface area contributed by atoms with E-state index >= 15 is 0 Å². The number of ether oxygens (including phenoxy) is 1. The maximum Gasteiger partial charge on any atom is 0.123 e. The van der Waals surface area contributed by atoms with E-state index in [2.05, 4.69) is 21.7 Å². The van der Waals surface area contributed by atoms with Gasteiger partial charge in [0.15, 0.2) is 0 Å². The van der Waals surface area contributed by atoms with Crippen molar-refractivity contribution in [2.45, 2.75) is 44.2 Å². The van der Waals surface area contributed by atoms with Crippen LogP contribution in [-0.4, -0.2) is 41.4 Å². The molecule has 31 heavy (non-hydrogen) atoms. The van der Waals surface area contributed by atoms with Gasteiger partial charge in [-0.1, -0.05) is 23.7 Å². The minimum Gasteiger partial charge on any atom is -0.376 e. The van der Waals surface area contributed by atoms with Crippen molar-refractivity contribution >= 4 is 22.5 Å². The Balaban J connectivity index is 1.37. The molecule has 1 aromatic heterocycles. The van der Waals surface area contributed by atoms with E-state index in [1.54, 1.807) is 12.1 Å². The highest BCUT2D eigenvalue weighted by molar-refractivity contribution is 6.31. The predicted molar refractivity (Wildman–Crippen MR) is 122 cm³/mol. The molecule has 0 bridgehead atoms. The zero-order valence-electron chi connectivity index (χ0n) is 18.0. The van der Waals surface area contributed by atoms with Crippen LogP contribution in [0.3, 0.4) is 0 Å². The summed E-state index contributed by atoms with van der Waals surface area (Å²) in [6.07, 6.45) is 6.48. The van der Waals surface area contributed by atoms with Crippen molar-refractivity contribution in [1.29, 1.82) is 0 Å².